The first-order valence-electron chi connectivity index (χ1n) is 6.32. The topological polar surface area (TPSA) is 72.8 Å². The van der Waals surface area contributed by atoms with E-state index in [4.69, 9.17) is 4.74 Å². The summed E-state index contributed by atoms with van der Waals surface area (Å²) < 4.78 is 5.35. The highest BCUT2D eigenvalue weighted by Crippen LogP contribution is 2.24. The molecule has 0 bridgehead atoms. The molecule has 2 aromatic rings. The molecule has 0 atom stereocenters. The SMILES string of the molecule is CCOCc1nc(NC)cc(Sc2nccc(C)n2)n1. The molecule has 0 aliphatic heterocycles. The predicted molar refractivity (Wildman–Crippen MR) is 77.8 cm³/mol. The van der Waals surface area contributed by atoms with E-state index in [1.165, 1.54) is 11.8 Å². The Balaban J connectivity index is 2.21. The van der Waals surface area contributed by atoms with Gasteiger partial charge in [0, 0.05) is 31.6 Å². The van der Waals surface area contributed by atoms with Gasteiger partial charge in [0.2, 0.25) is 0 Å². The lowest BCUT2D eigenvalue weighted by molar-refractivity contribution is 0.128. The zero-order valence-electron chi connectivity index (χ0n) is 11.8. The maximum absolute atomic E-state index is 5.35. The monoisotopic (exact) mass is 291 g/mol. The Morgan fingerprint density at radius 2 is 2.15 bits per heavy atom. The average Bonchev–Trinajstić information content (AvgIpc) is 2.45. The predicted octanol–water partition coefficient (Wildman–Crippen LogP) is 2.30. The van der Waals surface area contributed by atoms with E-state index in [1.54, 1.807) is 6.20 Å². The van der Waals surface area contributed by atoms with Gasteiger partial charge in [0.1, 0.15) is 17.5 Å². The lowest BCUT2D eigenvalue weighted by Gasteiger charge is -2.07. The van der Waals surface area contributed by atoms with E-state index in [-0.39, 0.29) is 0 Å². The van der Waals surface area contributed by atoms with Crippen LogP contribution in [0.15, 0.2) is 28.5 Å². The normalized spacial score (nSPS) is 10.6. The van der Waals surface area contributed by atoms with Gasteiger partial charge < -0.3 is 10.1 Å². The van der Waals surface area contributed by atoms with Gasteiger partial charge in [-0.3, -0.25) is 0 Å². The Morgan fingerprint density at radius 1 is 1.30 bits per heavy atom. The van der Waals surface area contributed by atoms with Gasteiger partial charge in [-0.1, -0.05) is 0 Å². The van der Waals surface area contributed by atoms with Gasteiger partial charge in [-0.25, -0.2) is 19.9 Å². The van der Waals surface area contributed by atoms with Gasteiger partial charge in [-0.15, -0.1) is 0 Å². The number of anilines is 1. The third kappa shape index (κ3) is 4.14. The van der Waals surface area contributed by atoms with E-state index < -0.39 is 0 Å². The van der Waals surface area contributed by atoms with Gasteiger partial charge in [0.05, 0.1) is 0 Å². The van der Waals surface area contributed by atoms with E-state index in [0.717, 1.165) is 16.5 Å². The fourth-order valence-electron chi connectivity index (χ4n) is 1.48. The van der Waals surface area contributed by atoms with Crippen molar-refractivity contribution in [2.75, 3.05) is 19.0 Å². The zero-order valence-corrected chi connectivity index (χ0v) is 12.6. The van der Waals surface area contributed by atoms with E-state index in [0.29, 0.717) is 24.2 Å². The van der Waals surface area contributed by atoms with Crippen LogP contribution in [0.4, 0.5) is 5.82 Å². The number of ether oxygens (including phenoxy) is 1. The minimum absolute atomic E-state index is 0.397. The molecule has 7 heteroatoms. The third-order valence-electron chi connectivity index (χ3n) is 2.41. The van der Waals surface area contributed by atoms with Crippen LogP contribution in [0.25, 0.3) is 0 Å². The minimum atomic E-state index is 0.397. The molecule has 20 heavy (non-hydrogen) atoms. The van der Waals surface area contributed by atoms with Crippen LogP contribution in [0.1, 0.15) is 18.4 Å². The molecule has 0 fully saturated rings. The van der Waals surface area contributed by atoms with Crippen LogP contribution in [-0.2, 0) is 11.3 Å². The molecule has 0 amide bonds. The Hall–Kier alpha value is -1.73. The average molecular weight is 291 g/mol. The van der Waals surface area contributed by atoms with Crippen LogP contribution in [-0.4, -0.2) is 33.6 Å². The molecule has 106 valence electrons. The summed E-state index contributed by atoms with van der Waals surface area (Å²) in [5.41, 5.74) is 0.930. The van der Waals surface area contributed by atoms with Crippen molar-refractivity contribution in [1.82, 2.24) is 19.9 Å². The van der Waals surface area contributed by atoms with Crippen molar-refractivity contribution in [3.63, 3.8) is 0 Å². The smallest absolute Gasteiger partial charge is 0.194 e. The van der Waals surface area contributed by atoms with Gasteiger partial charge in [0.25, 0.3) is 0 Å². The van der Waals surface area contributed by atoms with Gasteiger partial charge in [0.15, 0.2) is 11.0 Å². The summed E-state index contributed by atoms with van der Waals surface area (Å²) in [6, 6.07) is 3.73. The first kappa shape index (κ1) is 14.7. The fraction of sp³-hybridized carbons (Fsp3) is 0.385. The molecule has 0 aromatic carbocycles. The van der Waals surface area contributed by atoms with Crippen molar-refractivity contribution in [1.29, 1.82) is 0 Å². The first-order valence-corrected chi connectivity index (χ1v) is 7.14. The highest BCUT2D eigenvalue weighted by atomic mass is 32.2. The van der Waals surface area contributed by atoms with Crippen molar-refractivity contribution in [3.8, 4) is 0 Å². The Morgan fingerprint density at radius 3 is 2.85 bits per heavy atom. The minimum Gasteiger partial charge on any atom is -0.374 e. The largest absolute Gasteiger partial charge is 0.374 e. The molecule has 0 aliphatic rings. The van der Waals surface area contributed by atoms with Crippen molar-refractivity contribution >= 4 is 17.6 Å². The molecule has 6 nitrogen and oxygen atoms in total. The molecular formula is C13H17N5OS. The van der Waals surface area contributed by atoms with Crippen molar-refractivity contribution < 1.29 is 4.74 Å². The number of nitrogens with one attached hydrogen (secondary N) is 1. The molecule has 2 rings (SSSR count). The van der Waals surface area contributed by atoms with Crippen molar-refractivity contribution in [2.24, 2.45) is 0 Å². The van der Waals surface area contributed by atoms with Crippen LogP contribution >= 0.6 is 11.8 Å². The van der Waals surface area contributed by atoms with Crippen molar-refractivity contribution in [2.45, 2.75) is 30.6 Å². The molecule has 0 saturated heterocycles. The Labute approximate surface area is 122 Å². The summed E-state index contributed by atoms with van der Waals surface area (Å²) in [4.78, 5) is 17.4. The lowest BCUT2D eigenvalue weighted by atomic mass is 10.5. The quantitative estimate of drug-likeness (QED) is 0.646. The van der Waals surface area contributed by atoms with Crippen LogP contribution in [0.5, 0.6) is 0 Å². The van der Waals surface area contributed by atoms with Crippen LogP contribution in [0.2, 0.25) is 0 Å². The summed E-state index contributed by atoms with van der Waals surface area (Å²) in [5.74, 6) is 1.40. The molecule has 0 radical (unpaired) electrons. The number of rotatable bonds is 6. The number of hydrogen-bond donors (Lipinski definition) is 1. The number of nitrogens with zero attached hydrogens (tertiary/aromatic N) is 4. The summed E-state index contributed by atoms with van der Waals surface area (Å²) in [5, 5.41) is 4.49. The number of aryl methyl sites for hydroxylation is 1. The second-order valence-electron chi connectivity index (χ2n) is 3.98. The maximum atomic E-state index is 5.35. The Bertz CT molecular complexity index is 578. The standard InChI is InChI=1S/C13H17N5OS/c1-4-19-8-11-17-10(14-3)7-12(18-11)20-13-15-6-5-9(2)16-13/h5-7H,4,8H2,1-3H3,(H,14,17,18). The molecule has 0 unspecified atom stereocenters. The number of hydrogen-bond acceptors (Lipinski definition) is 7. The zero-order chi connectivity index (χ0) is 14.4. The van der Waals surface area contributed by atoms with Crippen LogP contribution in [0, 0.1) is 6.92 Å². The Kier molecular flexibility index (Phi) is 5.25. The van der Waals surface area contributed by atoms with Crippen molar-refractivity contribution in [3.05, 3.63) is 29.8 Å². The highest BCUT2D eigenvalue weighted by molar-refractivity contribution is 7.99. The van der Waals surface area contributed by atoms with E-state index in [9.17, 15) is 0 Å². The summed E-state index contributed by atoms with van der Waals surface area (Å²) in [6.07, 6.45) is 1.74. The molecule has 0 aliphatic carbocycles. The summed E-state index contributed by atoms with van der Waals surface area (Å²) >= 11 is 1.41. The highest BCUT2D eigenvalue weighted by Gasteiger charge is 2.07. The van der Waals surface area contributed by atoms with E-state index in [2.05, 4.69) is 25.3 Å². The lowest BCUT2D eigenvalue weighted by Crippen LogP contribution is -2.03. The molecule has 2 heterocycles. The molecule has 1 N–H and O–H groups in total. The second-order valence-corrected chi connectivity index (χ2v) is 4.96. The third-order valence-corrected chi connectivity index (χ3v) is 3.21. The summed E-state index contributed by atoms with van der Waals surface area (Å²) in [6.45, 7) is 4.91. The molecule has 2 aromatic heterocycles. The second kappa shape index (κ2) is 7.16. The van der Waals surface area contributed by atoms with E-state index >= 15 is 0 Å². The molecule has 0 saturated carbocycles. The number of aromatic nitrogens is 4. The fourth-order valence-corrected chi connectivity index (χ4v) is 2.29. The van der Waals surface area contributed by atoms with Crippen LogP contribution in [0.3, 0.4) is 0 Å². The van der Waals surface area contributed by atoms with Gasteiger partial charge in [-0.2, -0.15) is 0 Å². The molecule has 0 spiro atoms. The van der Waals surface area contributed by atoms with Crippen LogP contribution < -0.4 is 5.32 Å². The maximum Gasteiger partial charge on any atom is 0.194 e. The summed E-state index contributed by atoms with van der Waals surface area (Å²) in [7, 11) is 1.82. The first-order chi connectivity index (χ1) is 9.71. The van der Waals surface area contributed by atoms with Gasteiger partial charge >= 0.3 is 0 Å². The molecular weight excluding hydrogens is 274 g/mol. The van der Waals surface area contributed by atoms with Gasteiger partial charge in [-0.05, 0) is 31.7 Å². The van der Waals surface area contributed by atoms with E-state index in [1.807, 2.05) is 33.0 Å².